The normalized spacial score (nSPS) is 18.1. The number of carbonyl (C=O) groups excluding carboxylic acids is 2. The Morgan fingerprint density at radius 1 is 0.904 bits per heavy atom. The molecule has 1 amide bonds. The van der Waals surface area contributed by atoms with Crippen molar-refractivity contribution in [3.63, 3.8) is 0 Å². The van der Waals surface area contributed by atoms with Crippen molar-refractivity contribution in [2.24, 2.45) is 5.73 Å². The maximum absolute atomic E-state index is 13.0. The van der Waals surface area contributed by atoms with Crippen LogP contribution >= 0.6 is 0 Å². The summed E-state index contributed by atoms with van der Waals surface area (Å²) in [6, 6.07) is 8.10. The van der Waals surface area contributed by atoms with E-state index in [-0.39, 0.29) is 30.4 Å². The fourth-order valence-electron chi connectivity index (χ4n) is 7.56. The number of ether oxygens (including phenoxy) is 1. The second kappa shape index (κ2) is 19.8. The summed E-state index contributed by atoms with van der Waals surface area (Å²) in [7, 11) is 0. The minimum Gasteiger partial charge on any atom is -0.461 e. The van der Waals surface area contributed by atoms with Crippen LogP contribution in [0.25, 0.3) is 10.9 Å². The topological polar surface area (TPSA) is 177 Å². The minimum atomic E-state index is -0.759. The Hall–Kier alpha value is -3.88. The van der Waals surface area contributed by atoms with E-state index in [1.165, 1.54) is 32.1 Å². The molecule has 1 unspecified atom stereocenters. The number of nitrogens with zero attached hydrogens (tertiary/aromatic N) is 6. The zero-order valence-electron chi connectivity index (χ0n) is 30.7. The van der Waals surface area contributed by atoms with Crippen molar-refractivity contribution >= 4 is 34.5 Å². The summed E-state index contributed by atoms with van der Waals surface area (Å²) in [5.74, 6) is 0.934. The van der Waals surface area contributed by atoms with Gasteiger partial charge < -0.3 is 36.6 Å². The van der Waals surface area contributed by atoms with Gasteiger partial charge in [0.1, 0.15) is 23.7 Å². The highest BCUT2D eigenvalue weighted by Crippen LogP contribution is 2.26. The second-order valence-corrected chi connectivity index (χ2v) is 14.8. The molecule has 0 radical (unpaired) electrons. The van der Waals surface area contributed by atoms with Gasteiger partial charge in [-0.15, -0.1) is 5.10 Å². The summed E-state index contributed by atoms with van der Waals surface area (Å²) in [5, 5.41) is 23.9. The fraction of sp³-hybridized carbons (Fsp3) is 0.684. The highest BCUT2D eigenvalue weighted by Gasteiger charge is 2.27. The van der Waals surface area contributed by atoms with Crippen LogP contribution in [-0.4, -0.2) is 98.7 Å². The number of aryl methyl sites for hydroxylation is 1. The molecule has 3 fully saturated rings. The van der Waals surface area contributed by atoms with E-state index in [0.29, 0.717) is 32.0 Å². The number of nitrogens with one attached hydrogen (secondary N) is 4. The summed E-state index contributed by atoms with van der Waals surface area (Å²) in [5.41, 5.74) is 7.74. The lowest BCUT2D eigenvalue weighted by Crippen LogP contribution is -2.43. The average molecular weight is 718 g/mol. The number of fused-ring (bicyclic) bond motifs is 1. The molecular formula is C38H59N11O3. The first-order chi connectivity index (χ1) is 25.5. The quantitative estimate of drug-likeness (QED) is 0.0887. The number of piperidine rings is 1. The Bertz CT molecular complexity index is 1550. The number of rotatable bonds is 19. The number of hydrogen-bond donors (Lipinski definition) is 5. The highest BCUT2D eigenvalue weighted by atomic mass is 16.5. The molecule has 2 aromatic heterocycles. The van der Waals surface area contributed by atoms with E-state index in [0.717, 1.165) is 106 Å². The molecule has 2 saturated carbocycles. The maximum atomic E-state index is 13.0. The van der Waals surface area contributed by atoms with Crippen LogP contribution in [0, 0.1) is 0 Å². The van der Waals surface area contributed by atoms with Crippen LogP contribution in [0.5, 0.6) is 0 Å². The van der Waals surface area contributed by atoms with Crippen LogP contribution in [0.2, 0.25) is 0 Å². The number of anilines is 2. The van der Waals surface area contributed by atoms with E-state index in [9.17, 15) is 9.59 Å². The fourth-order valence-corrected chi connectivity index (χ4v) is 7.56. The van der Waals surface area contributed by atoms with Crippen molar-refractivity contribution in [2.45, 2.75) is 134 Å². The molecule has 6 rings (SSSR count). The predicted molar refractivity (Wildman–Crippen MR) is 203 cm³/mol. The molecule has 0 bridgehead atoms. The van der Waals surface area contributed by atoms with Crippen molar-refractivity contribution in [3.05, 3.63) is 36.2 Å². The molecule has 3 heterocycles. The minimum absolute atomic E-state index is 0.0159. The molecule has 52 heavy (non-hydrogen) atoms. The first-order valence-corrected chi connectivity index (χ1v) is 19.8. The lowest BCUT2D eigenvalue weighted by molar-refractivity contribution is -0.150. The molecule has 2 aliphatic carbocycles. The molecule has 1 saturated heterocycles. The molecule has 14 nitrogen and oxygen atoms in total. The Balaban J connectivity index is 0.901. The van der Waals surface area contributed by atoms with Crippen LogP contribution in [0.4, 0.5) is 11.8 Å². The third-order valence-electron chi connectivity index (χ3n) is 10.7. The summed E-state index contributed by atoms with van der Waals surface area (Å²) in [4.78, 5) is 36.8. The lowest BCUT2D eigenvalue weighted by atomic mass is 9.95. The molecule has 14 heteroatoms. The van der Waals surface area contributed by atoms with Crippen molar-refractivity contribution < 1.29 is 14.3 Å². The van der Waals surface area contributed by atoms with Crippen molar-refractivity contribution in [1.29, 1.82) is 0 Å². The summed E-state index contributed by atoms with van der Waals surface area (Å²) in [6.45, 7) is 5.63. The Morgan fingerprint density at radius 3 is 2.50 bits per heavy atom. The van der Waals surface area contributed by atoms with Crippen LogP contribution < -0.4 is 27.0 Å². The molecular weight excluding hydrogens is 658 g/mol. The zero-order valence-corrected chi connectivity index (χ0v) is 30.7. The number of likely N-dealkylation sites (tertiary alicyclic amines) is 1. The van der Waals surface area contributed by atoms with E-state index in [2.05, 4.69) is 31.6 Å². The van der Waals surface area contributed by atoms with E-state index in [1.54, 1.807) is 0 Å². The van der Waals surface area contributed by atoms with Gasteiger partial charge in [-0.2, -0.15) is 4.98 Å². The van der Waals surface area contributed by atoms with Gasteiger partial charge in [0.25, 0.3) is 0 Å². The second-order valence-electron chi connectivity index (χ2n) is 14.8. The number of aromatic nitrogens is 5. The molecule has 0 spiro atoms. The Labute approximate surface area is 307 Å². The van der Waals surface area contributed by atoms with Gasteiger partial charge in [0.05, 0.1) is 18.3 Å². The van der Waals surface area contributed by atoms with Gasteiger partial charge >= 0.3 is 5.97 Å². The third kappa shape index (κ3) is 11.6. The maximum Gasteiger partial charge on any atom is 0.323 e. The van der Waals surface area contributed by atoms with Gasteiger partial charge in [-0.05, 0) is 102 Å². The Morgan fingerprint density at radius 2 is 1.67 bits per heavy atom. The van der Waals surface area contributed by atoms with Crippen molar-refractivity contribution in [3.8, 4) is 0 Å². The van der Waals surface area contributed by atoms with Gasteiger partial charge in [-0.25, -0.2) is 4.98 Å². The molecule has 3 aromatic rings. The van der Waals surface area contributed by atoms with E-state index >= 15 is 0 Å². The SMILES string of the molecule is NC(CCC(=O)N1CCC(Nc2nc(NCc3cn(CCCNCCCNC4CCCCC4)nn3)nc3ccccc23)CC1)C(=O)OC1CCCC1. The van der Waals surface area contributed by atoms with Gasteiger partial charge in [-0.3, -0.25) is 14.3 Å². The number of hydrogen-bond acceptors (Lipinski definition) is 12. The van der Waals surface area contributed by atoms with Crippen molar-refractivity contribution in [2.75, 3.05) is 43.4 Å². The molecule has 1 atom stereocenters. The van der Waals surface area contributed by atoms with Gasteiger partial charge in [0.2, 0.25) is 11.9 Å². The number of benzene rings is 1. The molecule has 1 aliphatic heterocycles. The summed E-state index contributed by atoms with van der Waals surface area (Å²) < 4.78 is 7.41. The number of nitrogens with two attached hydrogens (primary N) is 1. The first-order valence-electron chi connectivity index (χ1n) is 19.8. The number of carbonyl (C=O) groups is 2. The largest absolute Gasteiger partial charge is 0.461 e. The van der Waals surface area contributed by atoms with Crippen molar-refractivity contribution in [1.82, 2.24) is 40.5 Å². The number of esters is 1. The van der Waals surface area contributed by atoms with E-state index in [1.807, 2.05) is 40.0 Å². The van der Waals surface area contributed by atoms with Crippen LogP contribution in [-0.2, 0) is 27.4 Å². The number of amides is 1. The van der Waals surface area contributed by atoms with Gasteiger partial charge in [0.15, 0.2) is 0 Å². The van der Waals surface area contributed by atoms with Gasteiger partial charge in [0, 0.05) is 43.5 Å². The molecule has 284 valence electrons. The number of para-hydroxylation sites is 1. The average Bonchev–Trinajstić information content (AvgIpc) is 3.87. The first kappa shape index (κ1) is 37.9. The summed E-state index contributed by atoms with van der Waals surface area (Å²) in [6.07, 6.45) is 17.0. The summed E-state index contributed by atoms with van der Waals surface area (Å²) >= 11 is 0. The Kier molecular flexibility index (Phi) is 14.4. The zero-order chi connectivity index (χ0) is 36.0. The molecule has 3 aliphatic rings. The van der Waals surface area contributed by atoms with Crippen LogP contribution in [0.1, 0.15) is 102 Å². The van der Waals surface area contributed by atoms with E-state index in [4.69, 9.17) is 20.4 Å². The van der Waals surface area contributed by atoms with E-state index < -0.39 is 6.04 Å². The smallest absolute Gasteiger partial charge is 0.323 e. The standard InChI is InChI=1S/C38H59N11O3/c39-33(37(51)52-31-12-4-5-13-31)16-17-35(50)48-24-18-29(19-25-48)43-36-32-14-6-7-15-34(32)44-38(45-36)42-26-30-27-49(47-46-30)23-9-21-40-20-8-22-41-28-10-2-1-3-11-28/h6-7,14-15,27-29,31,33,40-41H,1-5,8-13,16-26,39H2,(H2,42,43,44,45). The van der Waals surface area contributed by atoms with Crippen LogP contribution in [0.15, 0.2) is 30.5 Å². The molecule has 6 N–H and O–H groups in total. The lowest BCUT2D eigenvalue weighted by Gasteiger charge is -2.33. The highest BCUT2D eigenvalue weighted by molar-refractivity contribution is 5.90. The van der Waals surface area contributed by atoms with Gasteiger partial charge in [-0.1, -0.05) is 36.6 Å². The van der Waals surface area contributed by atoms with Crippen LogP contribution in [0.3, 0.4) is 0 Å². The monoisotopic (exact) mass is 717 g/mol. The third-order valence-corrected chi connectivity index (χ3v) is 10.7. The predicted octanol–water partition coefficient (Wildman–Crippen LogP) is 4.12. The molecule has 1 aromatic carbocycles.